The number of piperidine rings is 1. The van der Waals surface area contributed by atoms with Crippen LogP contribution in [0.5, 0.6) is 0 Å². The summed E-state index contributed by atoms with van der Waals surface area (Å²) in [5.41, 5.74) is 0.522. The molecule has 0 aromatic heterocycles. The zero-order valence-corrected chi connectivity index (χ0v) is 11.3. The van der Waals surface area contributed by atoms with Crippen LogP contribution in [0.4, 0.5) is 10.1 Å². The standard InChI is InChI=1S/C12H14ClFN2O.ClH/c13-9-7-8(4-5-10(9)14)16-12(17)11-3-1-2-6-15-11;/h4-5,7,11,15H,1-3,6H2,(H,16,17);1H. The summed E-state index contributed by atoms with van der Waals surface area (Å²) < 4.78 is 12.9. The molecule has 0 aliphatic carbocycles. The van der Waals surface area contributed by atoms with Gasteiger partial charge >= 0.3 is 0 Å². The monoisotopic (exact) mass is 292 g/mol. The number of hydrogen-bond acceptors (Lipinski definition) is 2. The first-order valence-electron chi connectivity index (χ1n) is 5.66. The second-order valence-corrected chi connectivity index (χ2v) is 4.53. The van der Waals surface area contributed by atoms with Crippen molar-refractivity contribution in [2.45, 2.75) is 25.3 Å². The van der Waals surface area contributed by atoms with E-state index in [1.54, 1.807) is 0 Å². The fourth-order valence-electron chi connectivity index (χ4n) is 1.88. The number of rotatable bonds is 2. The fraction of sp³-hybridized carbons (Fsp3) is 0.417. The summed E-state index contributed by atoms with van der Waals surface area (Å²) in [5.74, 6) is -0.576. The van der Waals surface area contributed by atoms with Crippen molar-refractivity contribution in [3.05, 3.63) is 29.0 Å². The van der Waals surface area contributed by atoms with Gasteiger partial charge in [-0.3, -0.25) is 4.79 Å². The number of halogens is 3. The van der Waals surface area contributed by atoms with E-state index < -0.39 is 5.82 Å². The van der Waals surface area contributed by atoms with Crippen molar-refractivity contribution >= 4 is 35.6 Å². The van der Waals surface area contributed by atoms with E-state index in [4.69, 9.17) is 11.6 Å². The van der Waals surface area contributed by atoms with E-state index in [1.807, 2.05) is 0 Å². The summed E-state index contributed by atoms with van der Waals surface area (Å²) in [4.78, 5) is 11.9. The normalized spacial score (nSPS) is 18.9. The van der Waals surface area contributed by atoms with Crippen molar-refractivity contribution in [2.24, 2.45) is 0 Å². The third kappa shape index (κ3) is 3.83. The van der Waals surface area contributed by atoms with Crippen LogP contribution < -0.4 is 10.6 Å². The van der Waals surface area contributed by atoms with Crippen LogP contribution in [0.2, 0.25) is 5.02 Å². The van der Waals surface area contributed by atoms with E-state index in [0.29, 0.717) is 5.69 Å². The Hall–Kier alpha value is -0.840. The van der Waals surface area contributed by atoms with Gasteiger partial charge in [0.05, 0.1) is 11.1 Å². The van der Waals surface area contributed by atoms with Gasteiger partial charge in [-0.15, -0.1) is 12.4 Å². The average Bonchev–Trinajstić information content (AvgIpc) is 2.35. The Kier molecular flexibility index (Phi) is 5.85. The predicted octanol–water partition coefficient (Wildman–Crippen LogP) is 2.98. The van der Waals surface area contributed by atoms with Crippen molar-refractivity contribution in [3.63, 3.8) is 0 Å². The maximum Gasteiger partial charge on any atom is 0.241 e. The molecular formula is C12H15Cl2FN2O. The largest absolute Gasteiger partial charge is 0.325 e. The summed E-state index contributed by atoms with van der Waals surface area (Å²) in [6, 6.07) is 4.00. The fourth-order valence-corrected chi connectivity index (χ4v) is 2.06. The Balaban J connectivity index is 0.00000162. The third-order valence-corrected chi connectivity index (χ3v) is 3.10. The number of nitrogens with one attached hydrogen (secondary N) is 2. The van der Waals surface area contributed by atoms with E-state index >= 15 is 0 Å². The smallest absolute Gasteiger partial charge is 0.241 e. The molecule has 0 spiro atoms. The second kappa shape index (κ2) is 6.92. The molecule has 3 nitrogen and oxygen atoms in total. The van der Waals surface area contributed by atoms with Crippen LogP contribution >= 0.6 is 24.0 Å². The van der Waals surface area contributed by atoms with Crippen molar-refractivity contribution in [1.29, 1.82) is 0 Å². The number of amides is 1. The zero-order valence-electron chi connectivity index (χ0n) is 9.71. The predicted molar refractivity (Wildman–Crippen MR) is 72.9 cm³/mol. The van der Waals surface area contributed by atoms with Crippen LogP contribution in [0.3, 0.4) is 0 Å². The number of carbonyl (C=O) groups is 1. The highest BCUT2D eigenvalue weighted by molar-refractivity contribution is 6.31. The van der Waals surface area contributed by atoms with Gasteiger partial charge in [-0.25, -0.2) is 4.39 Å². The van der Waals surface area contributed by atoms with E-state index in [-0.39, 0.29) is 29.4 Å². The second-order valence-electron chi connectivity index (χ2n) is 4.12. The average molecular weight is 293 g/mol. The summed E-state index contributed by atoms with van der Waals surface area (Å²) in [6.45, 7) is 0.863. The molecule has 0 saturated carbocycles. The SMILES string of the molecule is Cl.O=C(Nc1ccc(F)c(Cl)c1)C1CCCCN1. The lowest BCUT2D eigenvalue weighted by Crippen LogP contribution is -2.43. The van der Waals surface area contributed by atoms with Crippen molar-refractivity contribution < 1.29 is 9.18 Å². The van der Waals surface area contributed by atoms with E-state index in [2.05, 4.69) is 10.6 Å². The van der Waals surface area contributed by atoms with Gasteiger partial charge in [-0.1, -0.05) is 18.0 Å². The van der Waals surface area contributed by atoms with E-state index in [0.717, 1.165) is 25.8 Å². The highest BCUT2D eigenvalue weighted by Crippen LogP contribution is 2.20. The molecule has 1 atom stereocenters. The van der Waals surface area contributed by atoms with Gasteiger partial charge in [-0.2, -0.15) is 0 Å². The van der Waals surface area contributed by atoms with E-state index in [1.165, 1.54) is 18.2 Å². The van der Waals surface area contributed by atoms with Crippen LogP contribution in [0.25, 0.3) is 0 Å². The number of anilines is 1. The molecule has 1 heterocycles. The molecule has 2 N–H and O–H groups in total. The summed E-state index contributed by atoms with van der Waals surface area (Å²) in [6.07, 6.45) is 2.99. The number of carbonyl (C=O) groups excluding carboxylic acids is 1. The minimum atomic E-state index is -0.486. The highest BCUT2D eigenvalue weighted by atomic mass is 35.5. The van der Waals surface area contributed by atoms with Gasteiger partial charge in [0.25, 0.3) is 0 Å². The first-order valence-corrected chi connectivity index (χ1v) is 6.04. The quantitative estimate of drug-likeness (QED) is 0.880. The topological polar surface area (TPSA) is 41.1 Å². The Morgan fingerprint density at radius 2 is 2.22 bits per heavy atom. The van der Waals surface area contributed by atoms with Crippen LogP contribution in [0.1, 0.15) is 19.3 Å². The van der Waals surface area contributed by atoms with Gasteiger partial charge in [0.1, 0.15) is 5.82 Å². The van der Waals surface area contributed by atoms with Crippen molar-refractivity contribution in [2.75, 3.05) is 11.9 Å². The first kappa shape index (κ1) is 15.2. The molecule has 1 fully saturated rings. The minimum absolute atomic E-state index is 0. The van der Waals surface area contributed by atoms with Crippen LogP contribution in [-0.2, 0) is 4.79 Å². The lowest BCUT2D eigenvalue weighted by atomic mass is 10.0. The molecule has 1 aliphatic rings. The molecule has 1 saturated heterocycles. The molecule has 100 valence electrons. The van der Waals surface area contributed by atoms with Gasteiger partial charge in [0, 0.05) is 5.69 Å². The first-order chi connectivity index (χ1) is 8.16. The molecule has 18 heavy (non-hydrogen) atoms. The van der Waals surface area contributed by atoms with Crippen LogP contribution in [0, 0.1) is 5.82 Å². The summed E-state index contributed by atoms with van der Waals surface area (Å²) >= 11 is 5.64. The maximum absolute atomic E-state index is 12.9. The Bertz CT molecular complexity index is 423. The lowest BCUT2D eigenvalue weighted by molar-refractivity contribution is -0.118. The van der Waals surface area contributed by atoms with Gasteiger partial charge in [-0.05, 0) is 37.6 Å². The maximum atomic E-state index is 12.9. The highest BCUT2D eigenvalue weighted by Gasteiger charge is 2.20. The molecular weight excluding hydrogens is 278 g/mol. The van der Waals surface area contributed by atoms with Gasteiger partial charge < -0.3 is 10.6 Å². The van der Waals surface area contributed by atoms with Gasteiger partial charge in [0.2, 0.25) is 5.91 Å². The molecule has 0 bridgehead atoms. The zero-order chi connectivity index (χ0) is 12.3. The number of benzene rings is 1. The van der Waals surface area contributed by atoms with Crippen LogP contribution in [0.15, 0.2) is 18.2 Å². The Labute approximate surface area is 116 Å². The van der Waals surface area contributed by atoms with Gasteiger partial charge in [0.15, 0.2) is 0 Å². The Morgan fingerprint density at radius 3 is 2.83 bits per heavy atom. The summed E-state index contributed by atoms with van der Waals surface area (Å²) in [7, 11) is 0. The molecule has 6 heteroatoms. The molecule has 1 aromatic carbocycles. The summed E-state index contributed by atoms with van der Waals surface area (Å²) in [5, 5.41) is 5.89. The molecule has 2 rings (SSSR count). The van der Waals surface area contributed by atoms with Crippen molar-refractivity contribution in [1.82, 2.24) is 5.32 Å². The van der Waals surface area contributed by atoms with Crippen LogP contribution in [-0.4, -0.2) is 18.5 Å². The Morgan fingerprint density at radius 1 is 1.44 bits per heavy atom. The molecule has 1 unspecified atom stereocenters. The van der Waals surface area contributed by atoms with Crippen molar-refractivity contribution in [3.8, 4) is 0 Å². The molecule has 1 aliphatic heterocycles. The van der Waals surface area contributed by atoms with E-state index in [9.17, 15) is 9.18 Å². The molecule has 0 radical (unpaired) electrons. The lowest BCUT2D eigenvalue weighted by Gasteiger charge is -2.22. The minimum Gasteiger partial charge on any atom is -0.325 e. The molecule has 1 aromatic rings. The third-order valence-electron chi connectivity index (χ3n) is 2.81. The molecule has 1 amide bonds. The number of hydrogen-bond donors (Lipinski definition) is 2.